The molecule has 2 amide bonds. The van der Waals surface area contributed by atoms with E-state index in [1.54, 1.807) is 37.6 Å². The number of carbonyl (C=O) groups is 2. The molecule has 0 atom stereocenters. The minimum atomic E-state index is -0.285. The number of rotatable bonds is 9. The van der Waals surface area contributed by atoms with Crippen molar-refractivity contribution in [1.82, 2.24) is 10.7 Å². The van der Waals surface area contributed by atoms with E-state index < -0.39 is 0 Å². The third-order valence-electron chi connectivity index (χ3n) is 3.58. The molecule has 7 nitrogen and oxygen atoms in total. The molecule has 27 heavy (non-hydrogen) atoms. The van der Waals surface area contributed by atoms with Crippen LogP contribution in [0.5, 0.6) is 11.5 Å². The van der Waals surface area contributed by atoms with Crippen molar-refractivity contribution in [3.05, 3.63) is 59.7 Å². The number of hydrogen-bond acceptors (Lipinski definition) is 5. The van der Waals surface area contributed by atoms with Gasteiger partial charge in [0.1, 0.15) is 11.5 Å². The van der Waals surface area contributed by atoms with E-state index >= 15 is 0 Å². The quantitative estimate of drug-likeness (QED) is 0.525. The zero-order valence-electron chi connectivity index (χ0n) is 15.4. The molecule has 0 fully saturated rings. The number of nitrogens with zero attached hydrogens (tertiary/aromatic N) is 1. The number of hydrazone groups is 1. The fraction of sp³-hybridized carbons (Fsp3) is 0.250. The Kier molecular flexibility index (Phi) is 7.84. The maximum absolute atomic E-state index is 12.0. The molecular formula is C20H23N3O4. The molecule has 2 rings (SSSR count). The largest absolute Gasteiger partial charge is 0.497 e. The van der Waals surface area contributed by atoms with E-state index in [0.29, 0.717) is 17.9 Å². The van der Waals surface area contributed by atoms with Crippen molar-refractivity contribution >= 4 is 18.0 Å². The lowest BCUT2D eigenvalue weighted by atomic mass is 10.2. The smallest absolute Gasteiger partial charge is 0.251 e. The second-order valence-corrected chi connectivity index (χ2v) is 5.53. The van der Waals surface area contributed by atoms with Gasteiger partial charge in [-0.1, -0.05) is 0 Å². The van der Waals surface area contributed by atoms with E-state index in [1.165, 1.54) is 0 Å². The molecule has 2 aromatic rings. The van der Waals surface area contributed by atoms with E-state index in [4.69, 9.17) is 9.47 Å². The van der Waals surface area contributed by atoms with Crippen molar-refractivity contribution in [3.8, 4) is 11.5 Å². The van der Waals surface area contributed by atoms with E-state index in [-0.39, 0.29) is 24.8 Å². The van der Waals surface area contributed by atoms with Crippen LogP contribution in [0, 0.1) is 0 Å². The molecule has 2 aromatic carbocycles. The molecular weight excluding hydrogens is 346 g/mol. The van der Waals surface area contributed by atoms with Crippen LogP contribution in [0.3, 0.4) is 0 Å². The summed E-state index contributed by atoms with van der Waals surface area (Å²) in [5.41, 5.74) is 3.77. The van der Waals surface area contributed by atoms with Gasteiger partial charge in [-0.05, 0) is 61.0 Å². The van der Waals surface area contributed by atoms with Crippen molar-refractivity contribution in [2.75, 3.05) is 20.3 Å². The molecule has 0 unspecified atom stereocenters. The molecule has 0 saturated carbocycles. The lowest BCUT2D eigenvalue weighted by Crippen LogP contribution is -2.29. The van der Waals surface area contributed by atoms with Crippen LogP contribution in [0.25, 0.3) is 0 Å². The van der Waals surface area contributed by atoms with Crippen LogP contribution >= 0.6 is 0 Å². The highest BCUT2D eigenvalue weighted by Crippen LogP contribution is 2.11. The van der Waals surface area contributed by atoms with Gasteiger partial charge in [0.25, 0.3) is 5.91 Å². The predicted molar refractivity (Wildman–Crippen MR) is 103 cm³/mol. The Labute approximate surface area is 158 Å². The third-order valence-corrected chi connectivity index (χ3v) is 3.58. The van der Waals surface area contributed by atoms with E-state index in [0.717, 1.165) is 11.3 Å². The van der Waals surface area contributed by atoms with Gasteiger partial charge in [0.05, 0.1) is 19.9 Å². The molecule has 0 radical (unpaired) electrons. The van der Waals surface area contributed by atoms with Crippen LogP contribution in [0.15, 0.2) is 53.6 Å². The van der Waals surface area contributed by atoms with Crippen LogP contribution in [-0.4, -0.2) is 38.3 Å². The predicted octanol–water partition coefficient (Wildman–Crippen LogP) is 2.36. The number of ether oxygens (including phenoxy) is 2. The maximum atomic E-state index is 12.0. The summed E-state index contributed by atoms with van der Waals surface area (Å²) in [5, 5.41) is 6.59. The van der Waals surface area contributed by atoms with Crippen LogP contribution < -0.4 is 20.2 Å². The second-order valence-electron chi connectivity index (χ2n) is 5.53. The number of benzene rings is 2. The maximum Gasteiger partial charge on any atom is 0.251 e. The van der Waals surface area contributed by atoms with Gasteiger partial charge >= 0.3 is 0 Å². The number of carbonyl (C=O) groups excluding carboxylic acids is 2. The highest BCUT2D eigenvalue weighted by Gasteiger charge is 2.06. The Hall–Kier alpha value is -3.35. The Morgan fingerprint density at radius 1 is 1.04 bits per heavy atom. The molecule has 7 heteroatoms. The average molecular weight is 369 g/mol. The Morgan fingerprint density at radius 3 is 2.33 bits per heavy atom. The topological polar surface area (TPSA) is 89.0 Å². The number of methoxy groups -OCH3 is 1. The monoisotopic (exact) mass is 369 g/mol. The summed E-state index contributed by atoms with van der Waals surface area (Å²) in [5.74, 6) is 0.929. The first kappa shape index (κ1) is 20.0. The minimum absolute atomic E-state index is 0.127. The highest BCUT2D eigenvalue weighted by molar-refractivity contribution is 5.94. The summed E-state index contributed by atoms with van der Waals surface area (Å²) < 4.78 is 10.4. The first-order chi connectivity index (χ1) is 13.1. The van der Waals surface area contributed by atoms with Crippen molar-refractivity contribution in [2.45, 2.75) is 13.3 Å². The van der Waals surface area contributed by atoms with Crippen molar-refractivity contribution in [1.29, 1.82) is 0 Å². The normalized spacial score (nSPS) is 10.4. The van der Waals surface area contributed by atoms with E-state index in [9.17, 15) is 9.59 Å². The third kappa shape index (κ3) is 6.81. The van der Waals surface area contributed by atoms with E-state index in [2.05, 4.69) is 15.8 Å². The zero-order valence-corrected chi connectivity index (χ0v) is 15.4. The summed E-state index contributed by atoms with van der Waals surface area (Å²) in [6.45, 7) is 2.75. The van der Waals surface area contributed by atoms with Gasteiger partial charge in [-0.3, -0.25) is 9.59 Å². The minimum Gasteiger partial charge on any atom is -0.497 e. The molecule has 142 valence electrons. The first-order valence-corrected chi connectivity index (χ1v) is 8.59. The zero-order chi connectivity index (χ0) is 19.5. The van der Waals surface area contributed by atoms with Gasteiger partial charge in [0.15, 0.2) is 0 Å². The average Bonchev–Trinajstić information content (AvgIpc) is 2.69. The van der Waals surface area contributed by atoms with Gasteiger partial charge in [-0.15, -0.1) is 0 Å². The van der Waals surface area contributed by atoms with Crippen LogP contribution in [-0.2, 0) is 4.79 Å². The van der Waals surface area contributed by atoms with Gasteiger partial charge < -0.3 is 14.8 Å². The number of nitrogens with one attached hydrogen (secondary N) is 2. The van der Waals surface area contributed by atoms with Crippen LogP contribution in [0.4, 0.5) is 0 Å². The molecule has 0 aliphatic carbocycles. The number of hydrogen-bond donors (Lipinski definition) is 2. The Bertz CT molecular complexity index is 771. The molecule has 0 bridgehead atoms. The summed E-state index contributed by atoms with van der Waals surface area (Å²) in [6.07, 6.45) is 1.67. The van der Waals surface area contributed by atoms with Crippen LogP contribution in [0.2, 0.25) is 0 Å². The highest BCUT2D eigenvalue weighted by atomic mass is 16.5. The lowest BCUT2D eigenvalue weighted by molar-refractivity contribution is -0.120. The fourth-order valence-corrected chi connectivity index (χ4v) is 2.19. The molecule has 0 spiro atoms. The van der Waals surface area contributed by atoms with Gasteiger partial charge in [0.2, 0.25) is 5.91 Å². The molecule has 0 aromatic heterocycles. The molecule has 0 heterocycles. The van der Waals surface area contributed by atoms with Crippen LogP contribution in [0.1, 0.15) is 29.3 Å². The summed E-state index contributed by atoms with van der Waals surface area (Å²) in [6, 6.07) is 14.1. The second kappa shape index (κ2) is 10.6. The Balaban J connectivity index is 1.70. The summed E-state index contributed by atoms with van der Waals surface area (Å²) in [7, 11) is 1.56. The van der Waals surface area contributed by atoms with Gasteiger partial charge in [0, 0.05) is 18.5 Å². The van der Waals surface area contributed by atoms with E-state index in [1.807, 2.05) is 31.2 Å². The summed E-state index contributed by atoms with van der Waals surface area (Å²) >= 11 is 0. The lowest BCUT2D eigenvalue weighted by Gasteiger charge is -2.05. The standard InChI is InChI=1S/C20H23N3O4/c1-3-27-18-8-4-15(5-9-18)14-22-23-19(24)12-13-21-20(25)16-6-10-17(26-2)11-7-16/h4-11,14H,3,12-13H2,1-2H3,(H,21,25)(H,23,24). The molecule has 0 aliphatic heterocycles. The molecule has 0 saturated heterocycles. The fourth-order valence-electron chi connectivity index (χ4n) is 2.19. The molecule has 2 N–H and O–H groups in total. The molecule has 0 aliphatic rings. The van der Waals surface area contributed by atoms with Crippen molar-refractivity contribution < 1.29 is 19.1 Å². The van der Waals surface area contributed by atoms with Crippen molar-refractivity contribution in [2.24, 2.45) is 5.10 Å². The number of amides is 2. The van der Waals surface area contributed by atoms with Gasteiger partial charge in [-0.25, -0.2) is 5.43 Å². The summed E-state index contributed by atoms with van der Waals surface area (Å²) in [4.78, 5) is 23.7. The first-order valence-electron chi connectivity index (χ1n) is 8.59. The van der Waals surface area contributed by atoms with Gasteiger partial charge in [-0.2, -0.15) is 5.10 Å². The Morgan fingerprint density at radius 2 is 1.70 bits per heavy atom. The van der Waals surface area contributed by atoms with Crippen molar-refractivity contribution in [3.63, 3.8) is 0 Å². The SMILES string of the molecule is CCOc1ccc(C=NNC(=O)CCNC(=O)c2ccc(OC)cc2)cc1.